The Kier molecular flexibility index (Phi) is 10.5. The molecule has 1 saturated heterocycles. The molecule has 50 heavy (non-hydrogen) atoms. The summed E-state index contributed by atoms with van der Waals surface area (Å²) in [6, 6.07) is 38.7. The van der Waals surface area contributed by atoms with Crippen LogP contribution in [0.5, 0.6) is 5.75 Å². The van der Waals surface area contributed by atoms with Gasteiger partial charge in [0.15, 0.2) is 0 Å². The van der Waals surface area contributed by atoms with Crippen LogP contribution >= 0.6 is 11.8 Å². The van der Waals surface area contributed by atoms with Gasteiger partial charge in [-0.2, -0.15) is 10.2 Å². The summed E-state index contributed by atoms with van der Waals surface area (Å²) in [4.78, 5) is 54.6. The van der Waals surface area contributed by atoms with Crippen molar-refractivity contribution in [1.29, 1.82) is 0 Å². The van der Waals surface area contributed by atoms with E-state index < -0.39 is 17.1 Å². The lowest BCUT2D eigenvalue weighted by molar-refractivity contribution is -0.121. The molecule has 11 heteroatoms. The highest BCUT2D eigenvalue weighted by Crippen LogP contribution is 2.35. The lowest BCUT2D eigenvalue weighted by Crippen LogP contribution is -2.31. The SMILES string of the molecule is COc1cccc(C=C(NC(=O)c2ccccc2)C(=O)Nc2ccc(SC3CC(=O)N(c4ccc(N=Nc5ccccc5)cc4)C3=O)cc2)c1. The highest BCUT2D eigenvalue weighted by molar-refractivity contribution is 8.00. The number of nitrogens with zero attached hydrogens (tertiary/aromatic N) is 3. The van der Waals surface area contributed by atoms with Crippen LogP contribution in [0.1, 0.15) is 22.3 Å². The fraction of sp³-hybridized carbons (Fsp3) is 0.0769. The van der Waals surface area contributed by atoms with Crippen molar-refractivity contribution in [2.24, 2.45) is 10.2 Å². The Bertz CT molecular complexity index is 2070. The first-order valence-electron chi connectivity index (χ1n) is 15.6. The molecular formula is C39H31N5O5S. The van der Waals surface area contributed by atoms with E-state index in [0.29, 0.717) is 33.9 Å². The Morgan fingerprint density at radius 1 is 0.800 bits per heavy atom. The van der Waals surface area contributed by atoms with Crippen LogP contribution in [0.2, 0.25) is 0 Å². The first-order valence-corrected chi connectivity index (χ1v) is 16.5. The third-order valence-electron chi connectivity index (χ3n) is 7.57. The van der Waals surface area contributed by atoms with E-state index >= 15 is 0 Å². The van der Waals surface area contributed by atoms with Gasteiger partial charge in [-0.3, -0.25) is 19.2 Å². The van der Waals surface area contributed by atoms with Crippen LogP contribution in [0.3, 0.4) is 0 Å². The van der Waals surface area contributed by atoms with Crippen molar-refractivity contribution in [1.82, 2.24) is 5.32 Å². The molecule has 1 fully saturated rings. The zero-order valence-corrected chi connectivity index (χ0v) is 27.7. The average molecular weight is 682 g/mol. The molecular weight excluding hydrogens is 651 g/mol. The summed E-state index contributed by atoms with van der Waals surface area (Å²) in [7, 11) is 1.55. The summed E-state index contributed by atoms with van der Waals surface area (Å²) in [5.74, 6) is -0.958. The van der Waals surface area contributed by atoms with Gasteiger partial charge in [0.1, 0.15) is 11.4 Å². The predicted octanol–water partition coefficient (Wildman–Crippen LogP) is 7.94. The number of azo groups is 1. The molecule has 1 heterocycles. The topological polar surface area (TPSA) is 130 Å². The fourth-order valence-electron chi connectivity index (χ4n) is 5.07. The second kappa shape index (κ2) is 15.7. The monoisotopic (exact) mass is 681 g/mol. The van der Waals surface area contributed by atoms with Gasteiger partial charge in [0, 0.05) is 22.6 Å². The summed E-state index contributed by atoms with van der Waals surface area (Å²) >= 11 is 1.28. The summed E-state index contributed by atoms with van der Waals surface area (Å²) < 4.78 is 5.30. The van der Waals surface area contributed by atoms with Crippen LogP contribution in [-0.2, 0) is 14.4 Å². The molecule has 1 aliphatic heterocycles. The number of hydrogen-bond acceptors (Lipinski definition) is 8. The molecule has 0 bridgehead atoms. The highest BCUT2D eigenvalue weighted by atomic mass is 32.2. The maximum Gasteiger partial charge on any atom is 0.272 e. The van der Waals surface area contributed by atoms with Gasteiger partial charge >= 0.3 is 0 Å². The lowest BCUT2D eigenvalue weighted by Gasteiger charge is -2.15. The van der Waals surface area contributed by atoms with Crippen molar-refractivity contribution in [2.75, 3.05) is 17.3 Å². The van der Waals surface area contributed by atoms with Gasteiger partial charge < -0.3 is 15.4 Å². The Balaban J connectivity index is 1.10. The van der Waals surface area contributed by atoms with Crippen LogP contribution in [-0.4, -0.2) is 36.0 Å². The fourth-order valence-corrected chi connectivity index (χ4v) is 6.12. The molecule has 1 unspecified atom stereocenters. The largest absolute Gasteiger partial charge is 0.497 e. The number of ether oxygens (including phenoxy) is 1. The average Bonchev–Trinajstić information content (AvgIpc) is 3.43. The molecule has 0 aromatic heterocycles. The third kappa shape index (κ3) is 8.38. The van der Waals surface area contributed by atoms with Crippen molar-refractivity contribution in [3.05, 3.63) is 150 Å². The molecule has 2 N–H and O–H groups in total. The van der Waals surface area contributed by atoms with Crippen LogP contribution in [0.15, 0.2) is 154 Å². The number of benzene rings is 5. The molecule has 248 valence electrons. The van der Waals surface area contributed by atoms with Crippen molar-refractivity contribution in [2.45, 2.75) is 16.6 Å². The Morgan fingerprint density at radius 2 is 1.46 bits per heavy atom. The van der Waals surface area contributed by atoms with Crippen molar-refractivity contribution < 1.29 is 23.9 Å². The van der Waals surface area contributed by atoms with Crippen LogP contribution in [0.25, 0.3) is 6.08 Å². The maximum absolute atomic E-state index is 13.4. The Labute approximate surface area is 292 Å². The maximum atomic E-state index is 13.4. The van der Waals surface area contributed by atoms with Gasteiger partial charge in [-0.25, -0.2) is 4.90 Å². The first-order chi connectivity index (χ1) is 24.4. The Hall–Kier alpha value is -6.33. The van der Waals surface area contributed by atoms with E-state index in [0.717, 1.165) is 10.6 Å². The molecule has 0 spiro atoms. The zero-order chi connectivity index (χ0) is 34.9. The number of thioether (sulfide) groups is 1. The van der Waals surface area contributed by atoms with Gasteiger partial charge in [-0.1, -0.05) is 48.5 Å². The van der Waals surface area contributed by atoms with Crippen LogP contribution < -0.4 is 20.3 Å². The standard InChI is InChI=1S/C39H31N5O5S/c1-49-32-14-8-9-26(23-32)24-34(41-37(46)27-10-4-2-5-11-27)38(47)40-28-17-21-33(22-18-28)50-35-25-36(45)44(39(35)48)31-19-15-30(16-20-31)43-42-29-12-6-3-7-13-29/h2-24,35H,25H2,1H3,(H,40,47)(H,41,46). The number of anilines is 2. The predicted molar refractivity (Wildman–Crippen MR) is 194 cm³/mol. The minimum Gasteiger partial charge on any atom is -0.497 e. The minimum atomic E-state index is -0.606. The number of rotatable bonds is 11. The highest BCUT2D eigenvalue weighted by Gasteiger charge is 2.40. The number of carbonyl (C=O) groups is 4. The smallest absolute Gasteiger partial charge is 0.272 e. The number of carbonyl (C=O) groups excluding carboxylic acids is 4. The van der Waals surface area contributed by atoms with E-state index in [1.807, 2.05) is 30.3 Å². The number of methoxy groups -OCH3 is 1. The molecule has 10 nitrogen and oxygen atoms in total. The summed E-state index contributed by atoms with van der Waals surface area (Å²) in [5.41, 5.74) is 3.35. The molecule has 1 atom stereocenters. The van der Waals surface area contributed by atoms with E-state index in [1.165, 1.54) is 16.7 Å². The molecule has 0 radical (unpaired) electrons. The van der Waals surface area contributed by atoms with Gasteiger partial charge in [-0.15, -0.1) is 11.8 Å². The lowest BCUT2D eigenvalue weighted by atomic mass is 10.1. The first kappa shape index (κ1) is 33.6. The van der Waals surface area contributed by atoms with E-state index in [4.69, 9.17) is 4.74 Å². The van der Waals surface area contributed by atoms with Crippen LogP contribution in [0, 0.1) is 0 Å². The number of nitrogens with one attached hydrogen (secondary N) is 2. The van der Waals surface area contributed by atoms with Crippen molar-refractivity contribution in [3.63, 3.8) is 0 Å². The second-order valence-electron chi connectivity index (χ2n) is 11.1. The molecule has 5 aromatic rings. The molecule has 1 aliphatic rings. The van der Waals surface area contributed by atoms with Gasteiger partial charge in [-0.05, 0) is 96.6 Å². The van der Waals surface area contributed by atoms with E-state index in [1.54, 1.807) is 116 Å². The number of imide groups is 1. The summed E-state index contributed by atoms with van der Waals surface area (Å²) in [6.07, 6.45) is 1.62. The number of hydrogen-bond donors (Lipinski definition) is 2. The van der Waals surface area contributed by atoms with Crippen molar-refractivity contribution in [3.8, 4) is 5.75 Å². The number of amides is 4. The zero-order valence-electron chi connectivity index (χ0n) is 26.9. The van der Waals surface area contributed by atoms with E-state index in [2.05, 4.69) is 20.9 Å². The van der Waals surface area contributed by atoms with E-state index in [9.17, 15) is 19.2 Å². The normalized spacial score (nSPS) is 14.5. The molecule has 6 rings (SSSR count). The van der Waals surface area contributed by atoms with Crippen LogP contribution in [0.4, 0.5) is 22.7 Å². The third-order valence-corrected chi connectivity index (χ3v) is 8.77. The molecule has 0 saturated carbocycles. The summed E-state index contributed by atoms with van der Waals surface area (Å²) in [6.45, 7) is 0. The van der Waals surface area contributed by atoms with E-state index in [-0.39, 0.29) is 23.9 Å². The van der Waals surface area contributed by atoms with Gasteiger partial charge in [0.2, 0.25) is 11.8 Å². The quantitative estimate of drug-likeness (QED) is 0.0827. The molecule has 0 aliphatic carbocycles. The van der Waals surface area contributed by atoms with Gasteiger partial charge in [0.05, 0.1) is 29.4 Å². The summed E-state index contributed by atoms with van der Waals surface area (Å²) in [5, 5.41) is 13.4. The van der Waals surface area contributed by atoms with Crippen molar-refractivity contribution >= 4 is 64.2 Å². The van der Waals surface area contributed by atoms with Gasteiger partial charge in [0.25, 0.3) is 11.8 Å². The minimum absolute atomic E-state index is 0.0352. The second-order valence-corrected chi connectivity index (χ2v) is 12.3. The molecule has 5 aromatic carbocycles. The molecule has 4 amide bonds. The Morgan fingerprint density at radius 3 is 2.14 bits per heavy atom.